The van der Waals surface area contributed by atoms with Gasteiger partial charge >= 0.3 is 18.8 Å². The van der Waals surface area contributed by atoms with E-state index in [9.17, 15) is 26.7 Å². The van der Waals surface area contributed by atoms with Crippen molar-refractivity contribution in [2.45, 2.75) is 31.9 Å². The largest absolute Gasteiger partial charge is 0.434 e. The van der Waals surface area contributed by atoms with Gasteiger partial charge in [-0.25, -0.2) is 4.79 Å². The molecule has 1 atom stereocenters. The first-order chi connectivity index (χ1) is 10.7. The Labute approximate surface area is 128 Å². The Kier molecular flexibility index (Phi) is 7.01. The summed E-state index contributed by atoms with van der Waals surface area (Å²) in [6.45, 7) is -3.58. The number of hydrogen-bond donors (Lipinski definition) is 3. The normalized spacial score (nSPS) is 12.8. The molecule has 23 heavy (non-hydrogen) atoms. The third-order valence-electron chi connectivity index (χ3n) is 2.71. The molecule has 1 rings (SSSR count). The maximum atomic E-state index is 12.2. The van der Waals surface area contributed by atoms with Gasteiger partial charge in [0.25, 0.3) is 0 Å². The third kappa shape index (κ3) is 7.13. The number of nitrogens with one attached hydrogen (secondary N) is 2. The van der Waals surface area contributed by atoms with Gasteiger partial charge in [0, 0.05) is 18.7 Å². The molecule has 5 nitrogen and oxygen atoms in total. The number of aliphatic hydroxyl groups excluding tert-OH is 1. The molecular weight excluding hydrogens is 327 g/mol. The molecule has 0 aliphatic rings. The maximum Gasteiger partial charge on any atom is 0.414 e. The minimum Gasteiger partial charge on any atom is -0.434 e. The second-order valence-corrected chi connectivity index (χ2v) is 4.44. The maximum absolute atomic E-state index is 12.2. The number of benzene rings is 1. The van der Waals surface area contributed by atoms with Crippen molar-refractivity contribution in [3.63, 3.8) is 0 Å². The van der Waals surface area contributed by atoms with Crippen molar-refractivity contribution in [1.82, 2.24) is 10.6 Å². The van der Waals surface area contributed by atoms with Gasteiger partial charge in [-0.15, -0.1) is 0 Å². The van der Waals surface area contributed by atoms with Gasteiger partial charge in [-0.3, -0.25) is 0 Å². The van der Waals surface area contributed by atoms with Crippen LogP contribution in [0, 0.1) is 0 Å². The molecule has 0 bridgehead atoms. The molecule has 1 aromatic carbocycles. The van der Waals surface area contributed by atoms with E-state index >= 15 is 0 Å². The third-order valence-corrected chi connectivity index (χ3v) is 2.71. The second kappa shape index (κ2) is 8.51. The lowest BCUT2D eigenvalue weighted by molar-refractivity contribution is -0.204. The van der Waals surface area contributed by atoms with Gasteiger partial charge in [-0.2, -0.15) is 22.0 Å². The number of hydrogen-bond acceptors (Lipinski definition) is 3. The highest BCUT2D eigenvalue weighted by Gasteiger charge is 2.37. The predicted molar refractivity (Wildman–Crippen MR) is 70.0 cm³/mol. The number of aliphatic hydroxyl groups is 1. The fourth-order valence-electron chi connectivity index (χ4n) is 1.58. The average Bonchev–Trinajstić information content (AvgIpc) is 2.44. The first kappa shape index (κ1) is 18.9. The zero-order valence-corrected chi connectivity index (χ0v) is 11.7. The lowest BCUT2D eigenvalue weighted by atomic mass is 10.2. The summed E-state index contributed by atoms with van der Waals surface area (Å²) in [5.74, 6) is -0.115. The van der Waals surface area contributed by atoms with Gasteiger partial charge in [-0.05, 0) is 12.5 Å². The van der Waals surface area contributed by atoms with Crippen molar-refractivity contribution in [2.75, 3.05) is 6.54 Å². The zero-order chi connectivity index (χ0) is 17.5. The van der Waals surface area contributed by atoms with E-state index in [0.29, 0.717) is 0 Å². The second-order valence-electron chi connectivity index (χ2n) is 4.44. The Morgan fingerprint density at radius 2 is 1.87 bits per heavy atom. The molecule has 0 heterocycles. The van der Waals surface area contributed by atoms with E-state index < -0.39 is 37.9 Å². The predicted octanol–water partition coefficient (Wildman–Crippen LogP) is 2.40. The Hall–Kier alpha value is -2.10. The molecule has 130 valence electrons. The molecule has 1 unspecified atom stereocenters. The number of ether oxygens (including phenoxy) is 1. The number of carbonyl (C=O) groups is 1. The van der Waals surface area contributed by atoms with Crippen LogP contribution in [0.15, 0.2) is 24.3 Å². The van der Waals surface area contributed by atoms with Gasteiger partial charge in [0.05, 0.1) is 0 Å². The molecule has 0 radical (unpaired) electrons. The van der Waals surface area contributed by atoms with Gasteiger partial charge in [0.15, 0.2) is 6.10 Å². The van der Waals surface area contributed by atoms with E-state index in [1.165, 1.54) is 18.2 Å². The lowest BCUT2D eigenvalue weighted by Crippen LogP contribution is -2.38. The molecular formula is C13H15F5N2O3. The standard InChI is InChI=1S/C13H15F5N2O3/c14-11(15)23-9-4-2-1-3-8(9)7-20-12(22)19-6-5-10(21)13(16,17)18/h1-4,10-11,21H,5-7H2,(H2,19,20,22). The van der Waals surface area contributed by atoms with E-state index in [0.717, 1.165) is 0 Å². The first-order valence-electron chi connectivity index (χ1n) is 6.49. The minimum atomic E-state index is -4.75. The number of halogens is 5. The molecule has 0 saturated carbocycles. The van der Waals surface area contributed by atoms with Gasteiger partial charge < -0.3 is 20.5 Å². The minimum absolute atomic E-state index is 0.115. The van der Waals surface area contributed by atoms with Crippen molar-refractivity contribution in [3.8, 4) is 5.75 Å². The van der Waals surface area contributed by atoms with Gasteiger partial charge in [0.1, 0.15) is 5.75 Å². The van der Waals surface area contributed by atoms with Crippen LogP contribution >= 0.6 is 0 Å². The first-order valence-corrected chi connectivity index (χ1v) is 6.49. The monoisotopic (exact) mass is 342 g/mol. The number of urea groups is 1. The average molecular weight is 342 g/mol. The summed E-state index contributed by atoms with van der Waals surface area (Å²) in [6.07, 6.45) is -7.96. The Bertz CT molecular complexity index is 511. The quantitative estimate of drug-likeness (QED) is 0.667. The molecule has 0 saturated heterocycles. The van der Waals surface area contributed by atoms with Crippen molar-refractivity contribution < 1.29 is 36.6 Å². The number of para-hydroxylation sites is 1. The summed E-state index contributed by atoms with van der Waals surface area (Å²) in [5.41, 5.74) is 0.276. The van der Waals surface area contributed by atoms with Crippen LogP contribution in [0.5, 0.6) is 5.75 Å². The van der Waals surface area contributed by atoms with Crippen molar-refractivity contribution in [3.05, 3.63) is 29.8 Å². The molecule has 0 aromatic heterocycles. The molecule has 0 aliphatic heterocycles. The Balaban J connectivity index is 2.39. The number of rotatable bonds is 7. The highest BCUT2D eigenvalue weighted by Crippen LogP contribution is 2.22. The topological polar surface area (TPSA) is 70.6 Å². The van der Waals surface area contributed by atoms with E-state index in [2.05, 4.69) is 15.4 Å². The number of amides is 2. The zero-order valence-electron chi connectivity index (χ0n) is 11.7. The van der Waals surface area contributed by atoms with Crippen LogP contribution in [-0.2, 0) is 6.54 Å². The number of alkyl halides is 5. The fraction of sp³-hybridized carbons (Fsp3) is 0.462. The van der Waals surface area contributed by atoms with Crippen LogP contribution in [0.4, 0.5) is 26.7 Å². The summed E-state index contributed by atoms with van der Waals surface area (Å²) in [4.78, 5) is 11.4. The SMILES string of the molecule is O=C(NCCC(O)C(F)(F)F)NCc1ccccc1OC(F)F. The molecule has 2 amide bonds. The molecule has 10 heteroatoms. The number of carbonyl (C=O) groups excluding carboxylic acids is 1. The molecule has 0 spiro atoms. The molecule has 0 aliphatic carbocycles. The van der Waals surface area contributed by atoms with E-state index in [-0.39, 0.29) is 17.9 Å². The van der Waals surface area contributed by atoms with Crippen LogP contribution in [0.2, 0.25) is 0 Å². The van der Waals surface area contributed by atoms with E-state index in [4.69, 9.17) is 5.11 Å². The molecule has 0 fully saturated rings. The van der Waals surface area contributed by atoms with Crippen LogP contribution in [0.1, 0.15) is 12.0 Å². The van der Waals surface area contributed by atoms with Crippen LogP contribution < -0.4 is 15.4 Å². The highest BCUT2D eigenvalue weighted by atomic mass is 19.4. The molecule has 1 aromatic rings. The van der Waals surface area contributed by atoms with Crippen LogP contribution in [-0.4, -0.2) is 36.6 Å². The fourth-order valence-corrected chi connectivity index (χ4v) is 1.58. The van der Waals surface area contributed by atoms with Crippen molar-refractivity contribution >= 4 is 6.03 Å². The smallest absolute Gasteiger partial charge is 0.414 e. The van der Waals surface area contributed by atoms with Gasteiger partial charge in [-0.1, -0.05) is 18.2 Å². The highest BCUT2D eigenvalue weighted by molar-refractivity contribution is 5.73. The van der Waals surface area contributed by atoms with Crippen molar-refractivity contribution in [1.29, 1.82) is 0 Å². The van der Waals surface area contributed by atoms with Crippen molar-refractivity contribution in [2.24, 2.45) is 0 Å². The van der Waals surface area contributed by atoms with Gasteiger partial charge in [0.2, 0.25) is 0 Å². The lowest BCUT2D eigenvalue weighted by Gasteiger charge is -2.15. The van der Waals surface area contributed by atoms with Crippen LogP contribution in [0.25, 0.3) is 0 Å². The van der Waals surface area contributed by atoms with Crippen LogP contribution in [0.3, 0.4) is 0 Å². The molecule has 3 N–H and O–H groups in total. The summed E-state index contributed by atoms with van der Waals surface area (Å²) < 4.78 is 64.8. The Morgan fingerprint density at radius 3 is 2.48 bits per heavy atom. The summed E-state index contributed by atoms with van der Waals surface area (Å²) >= 11 is 0. The summed E-state index contributed by atoms with van der Waals surface area (Å²) in [6, 6.07) is 4.96. The summed E-state index contributed by atoms with van der Waals surface area (Å²) in [5, 5.41) is 13.1. The van der Waals surface area contributed by atoms with E-state index in [1.54, 1.807) is 6.07 Å². The Morgan fingerprint density at radius 1 is 1.22 bits per heavy atom. The summed E-state index contributed by atoms with van der Waals surface area (Å²) in [7, 11) is 0. The van der Waals surface area contributed by atoms with E-state index in [1.807, 2.05) is 0 Å².